The molecule has 0 N–H and O–H groups in total. The lowest BCUT2D eigenvalue weighted by molar-refractivity contribution is 0.136. The third-order valence-corrected chi connectivity index (χ3v) is 2.33. The van der Waals surface area contributed by atoms with E-state index in [1.165, 1.54) is 0 Å². The summed E-state index contributed by atoms with van der Waals surface area (Å²) in [5.74, 6) is 0. The van der Waals surface area contributed by atoms with E-state index in [2.05, 4.69) is 19.1 Å². The first kappa shape index (κ1) is 19.8. The highest BCUT2D eigenvalue weighted by Crippen LogP contribution is 2.03. The van der Waals surface area contributed by atoms with Crippen molar-refractivity contribution < 1.29 is 4.74 Å². The molecule has 19 heavy (non-hydrogen) atoms. The Kier molecular flexibility index (Phi) is 22.6. The molecule has 0 fully saturated rings. The van der Waals surface area contributed by atoms with E-state index in [1.54, 1.807) is 0 Å². The van der Waals surface area contributed by atoms with Gasteiger partial charge in [-0.1, -0.05) is 26.2 Å². The summed E-state index contributed by atoms with van der Waals surface area (Å²) in [4.78, 5) is 0. The molecule has 0 saturated heterocycles. The number of hydrogen-bond acceptors (Lipinski definition) is 4. The van der Waals surface area contributed by atoms with Crippen LogP contribution in [0, 0.1) is 34.0 Å². The second-order valence-corrected chi connectivity index (χ2v) is 4.10. The topological polar surface area (TPSA) is 80.6 Å². The molecule has 0 unspecified atom stereocenters. The zero-order valence-electron chi connectivity index (χ0n) is 12.0. The smallest absolute Gasteiger partial charge is 0.0645 e. The number of ether oxygens (including phenoxy) is 1. The van der Waals surface area contributed by atoms with Crippen LogP contribution in [0.2, 0.25) is 0 Å². The second-order valence-electron chi connectivity index (χ2n) is 4.10. The standard InChI is InChI=1S/C8H12N2.C7H13NO/c9-7-5-3-1-2-4-6-8-10;1-2-3-6-9-7-4-5-8/h1-6H2;2-4,6-7H2,1H3. The maximum absolute atomic E-state index is 8.17. The van der Waals surface area contributed by atoms with Gasteiger partial charge in [0.2, 0.25) is 0 Å². The van der Waals surface area contributed by atoms with Gasteiger partial charge in [-0.05, 0) is 19.3 Å². The first-order valence-electron chi connectivity index (χ1n) is 7.02. The Morgan fingerprint density at radius 1 is 0.684 bits per heavy atom. The number of hydrogen-bond donors (Lipinski definition) is 0. The minimum Gasteiger partial charge on any atom is -0.380 e. The molecule has 0 aromatic carbocycles. The monoisotopic (exact) mass is 263 g/mol. The van der Waals surface area contributed by atoms with E-state index >= 15 is 0 Å². The summed E-state index contributed by atoms with van der Waals surface area (Å²) in [6.45, 7) is 3.52. The van der Waals surface area contributed by atoms with Crippen LogP contribution in [0.3, 0.4) is 0 Å². The Balaban J connectivity index is 0. The van der Waals surface area contributed by atoms with Gasteiger partial charge in [-0.25, -0.2) is 0 Å². The predicted molar refractivity (Wildman–Crippen MR) is 74.9 cm³/mol. The molecule has 0 aliphatic carbocycles. The molecule has 0 aromatic rings. The molecule has 0 aliphatic heterocycles. The van der Waals surface area contributed by atoms with Crippen molar-refractivity contribution in [1.29, 1.82) is 15.8 Å². The number of rotatable bonds is 10. The van der Waals surface area contributed by atoms with Gasteiger partial charge in [0.25, 0.3) is 0 Å². The lowest BCUT2D eigenvalue weighted by atomic mass is 10.1. The molecule has 0 bridgehead atoms. The molecule has 4 nitrogen and oxygen atoms in total. The Labute approximate surface area is 117 Å². The van der Waals surface area contributed by atoms with Gasteiger partial charge in [0, 0.05) is 19.4 Å². The summed E-state index contributed by atoms with van der Waals surface area (Å²) >= 11 is 0. The SMILES string of the molecule is CCCCOCCC#N.N#CCCCCCCC#N. The van der Waals surface area contributed by atoms with Crippen LogP contribution in [-0.4, -0.2) is 13.2 Å². The van der Waals surface area contributed by atoms with Gasteiger partial charge < -0.3 is 4.74 Å². The van der Waals surface area contributed by atoms with Crippen LogP contribution in [0.4, 0.5) is 0 Å². The third kappa shape index (κ3) is 26.2. The highest BCUT2D eigenvalue weighted by atomic mass is 16.5. The molecule has 0 radical (unpaired) electrons. The fraction of sp³-hybridized carbons (Fsp3) is 0.800. The maximum atomic E-state index is 8.17. The molecule has 0 saturated carbocycles. The number of nitrogens with zero attached hydrogens (tertiary/aromatic N) is 3. The Hall–Kier alpha value is -1.57. The summed E-state index contributed by atoms with van der Waals surface area (Å²) in [5.41, 5.74) is 0. The molecule has 0 aromatic heterocycles. The highest BCUT2D eigenvalue weighted by molar-refractivity contribution is 4.70. The second kappa shape index (κ2) is 21.7. The minimum atomic E-state index is 0.518. The van der Waals surface area contributed by atoms with Crippen molar-refractivity contribution >= 4 is 0 Å². The molecule has 0 rings (SSSR count). The van der Waals surface area contributed by atoms with Crippen molar-refractivity contribution in [2.45, 2.75) is 64.7 Å². The fourth-order valence-electron chi connectivity index (χ4n) is 1.23. The lowest BCUT2D eigenvalue weighted by Crippen LogP contribution is -1.94. The van der Waals surface area contributed by atoms with Crippen molar-refractivity contribution in [3.05, 3.63) is 0 Å². The number of unbranched alkanes of at least 4 members (excludes halogenated alkanes) is 6. The van der Waals surface area contributed by atoms with Crippen LogP contribution in [0.25, 0.3) is 0 Å². The zero-order chi connectivity index (χ0) is 14.6. The van der Waals surface area contributed by atoms with E-state index in [9.17, 15) is 0 Å². The van der Waals surface area contributed by atoms with E-state index in [0.29, 0.717) is 25.9 Å². The first-order chi connectivity index (χ1) is 9.33. The average molecular weight is 263 g/mol. The van der Waals surface area contributed by atoms with Crippen LogP contribution in [-0.2, 0) is 4.74 Å². The largest absolute Gasteiger partial charge is 0.380 e. The van der Waals surface area contributed by atoms with Crippen molar-refractivity contribution in [1.82, 2.24) is 0 Å². The van der Waals surface area contributed by atoms with Gasteiger partial charge in [-0.15, -0.1) is 0 Å². The first-order valence-corrected chi connectivity index (χ1v) is 7.02. The summed E-state index contributed by atoms with van der Waals surface area (Å²) < 4.78 is 5.09. The molecule has 4 heteroatoms. The molecule has 106 valence electrons. The normalized spacial score (nSPS) is 8.53. The molecular formula is C15H25N3O. The molecule has 0 atom stereocenters. The fourth-order valence-corrected chi connectivity index (χ4v) is 1.23. The zero-order valence-corrected chi connectivity index (χ0v) is 12.0. The van der Waals surface area contributed by atoms with Gasteiger partial charge in [-0.3, -0.25) is 0 Å². The van der Waals surface area contributed by atoms with Crippen molar-refractivity contribution in [2.24, 2.45) is 0 Å². The summed E-state index contributed by atoms with van der Waals surface area (Å²) in [6, 6.07) is 6.21. The van der Waals surface area contributed by atoms with Crippen LogP contribution < -0.4 is 0 Å². The number of nitriles is 3. The van der Waals surface area contributed by atoms with Crippen LogP contribution >= 0.6 is 0 Å². The van der Waals surface area contributed by atoms with E-state index in [4.69, 9.17) is 20.5 Å². The van der Waals surface area contributed by atoms with Crippen molar-refractivity contribution in [3.8, 4) is 18.2 Å². The van der Waals surface area contributed by atoms with Crippen LogP contribution in [0.1, 0.15) is 64.7 Å². The van der Waals surface area contributed by atoms with Crippen molar-refractivity contribution in [3.63, 3.8) is 0 Å². The minimum absolute atomic E-state index is 0.518. The lowest BCUT2D eigenvalue weighted by Gasteiger charge is -1.96. The van der Waals surface area contributed by atoms with E-state index < -0.39 is 0 Å². The quantitative estimate of drug-likeness (QED) is 0.556. The summed E-state index contributed by atoms with van der Waals surface area (Å²) in [5, 5.41) is 24.4. The summed E-state index contributed by atoms with van der Waals surface area (Å²) in [7, 11) is 0. The van der Waals surface area contributed by atoms with Crippen molar-refractivity contribution in [2.75, 3.05) is 13.2 Å². The van der Waals surface area contributed by atoms with Gasteiger partial charge in [0.05, 0.1) is 31.2 Å². The Morgan fingerprint density at radius 2 is 1.21 bits per heavy atom. The Bertz CT molecular complexity index is 265. The third-order valence-electron chi connectivity index (χ3n) is 2.33. The van der Waals surface area contributed by atoms with E-state index in [1.807, 2.05) is 6.07 Å². The van der Waals surface area contributed by atoms with E-state index in [-0.39, 0.29) is 0 Å². The Morgan fingerprint density at radius 3 is 1.63 bits per heavy atom. The van der Waals surface area contributed by atoms with Crippen LogP contribution in [0.15, 0.2) is 0 Å². The van der Waals surface area contributed by atoms with Gasteiger partial charge >= 0.3 is 0 Å². The van der Waals surface area contributed by atoms with Gasteiger partial charge in [0.1, 0.15) is 0 Å². The maximum Gasteiger partial charge on any atom is 0.0645 e. The molecule has 0 amide bonds. The molecule has 0 spiro atoms. The molecule has 0 heterocycles. The average Bonchev–Trinajstić information content (AvgIpc) is 2.43. The molecular weight excluding hydrogens is 238 g/mol. The summed E-state index contributed by atoms with van der Waals surface area (Å²) in [6.07, 6.45) is 8.26. The highest BCUT2D eigenvalue weighted by Gasteiger charge is 1.87. The van der Waals surface area contributed by atoms with E-state index in [0.717, 1.165) is 45.1 Å². The van der Waals surface area contributed by atoms with Gasteiger partial charge in [-0.2, -0.15) is 15.8 Å². The molecule has 0 aliphatic rings. The van der Waals surface area contributed by atoms with Crippen LogP contribution in [0.5, 0.6) is 0 Å². The van der Waals surface area contributed by atoms with Gasteiger partial charge in [0.15, 0.2) is 0 Å². The predicted octanol–water partition coefficient (Wildman–Crippen LogP) is 4.09.